The first kappa shape index (κ1) is 46.0. The molecule has 0 spiro atoms. The smallest absolute Gasteiger partial charge is 0.146 e. The molecule has 66 heavy (non-hydrogen) atoms. The van der Waals surface area contributed by atoms with Gasteiger partial charge in [0, 0.05) is 61.1 Å². The molecule has 3 fully saturated rings. The second kappa shape index (κ2) is 18.2. The monoisotopic (exact) mass is 956 g/mol. The molecule has 4 heterocycles. The fourth-order valence-electron chi connectivity index (χ4n) is 9.53. The number of allylic oxidation sites excluding steroid dienone is 1. The van der Waals surface area contributed by atoms with Gasteiger partial charge in [0.25, 0.3) is 5.91 Å². The molecule has 2 saturated heterocycles. The Morgan fingerprint density at radius 1 is 0.970 bits per heavy atom. The molecule has 0 atom stereocenters. The zero-order valence-corrected chi connectivity index (χ0v) is 40.2. The van der Waals surface area contributed by atoms with Crippen LogP contribution in [0.2, 0.25) is 5.02 Å². The van der Waals surface area contributed by atoms with Gasteiger partial charge in [-0.15, -0.1) is 0 Å². The van der Waals surface area contributed by atoms with Crippen LogP contribution in [-0.2, 0) is 10.0 Å². The van der Waals surface area contributed by atoms with Crippen molar-refractivity contribution in [2.75, 3.05) is 81.6 Å². The van der Waals surface area contributed by atoms with Crippen molar-refractivity contribution in [3.63, 3.8) is 0 Å². The molecule has 1 saturated carbocycles. The van der Waals surface area contributed by atoms with E-state index < -0.39 is 38.9 Å². The van der Waals surface area contributed by atoms with E-state index in [-0.39, 0.29) is 28.0 Å². The zero-order chi connectivity index (χ0) is 46.4. The number of aromatic amines is 1. The Morgan fingerprint density at radius 2 is 1.71 bits per heavy atom. The minimum absolute atomic E-state index is 0.0395. The number of carbonyl (C=O) groups excluding carboxylic acids is 1. The molecule has 2 aromatic heterocycles. The molecule has 0 unspecified atom stereocenters. The van der Waals surface area contributed by atoms with E-state index in [0.29, 0.717) is 17.9 Å². The predicted octanol–water partition coefficient (Wildman–Crippen LogP) is 8.37. The van der Waals surface area contributed by atoms with Crippen LogP contribution in [-0.4, -0.2) is 121 Å². The molecule has 4 aliphatic rings. The summed E-state index contributed by atoms with van der Waals surface area (Å²) in [4.78, 5) is 50.4. The molecule has 2 aliphatic carbocycles. The van der Waals surface area contributed by atoms with Crippen molar-refractivity contribution >= 4 is 68.7 Å². The first-order chi connectivity index (χ1) is 31.4. The van der Waals surface area contributed by atoms with E-state index in [9.17, 15) is 28.2 Å². The quantitative estimate of drug-likeness (QED) is 0.0474. The second-order valence-corrected chi connectivity index (χ2v) is 25.7. The molecule has 3 aromatic carbocycles. The van der Waals surface area contributed by atoms with Crippen molar-refractivity contribution < 1.29 is 27.8 Å². The van der Waals surface area contributed by atoms with E-state index >= 15 is 0 Å². The van der Waals surface area contributed by atoms with Gasteiger partial charge in [0.15, 0.2) is 0 Å². The van der Waals surface area contributed by atoms with E-state index in [4.69, 9.17) is 16.3 Å². The number of nitrogens with zero attached hydrogens (tertiary/aromatic N) is 5. The summed E-state index contributed by atoms with van der Waals surface area (Å²) in [5.74, 6) is -0.479. The van der Waals surface area contributed by atoms with Crippen LogP contribution in [0.3, 0.4) is 0 Å². The molecule has 2 aliphatic heterocycles. The van der Waals surface area contributed by atoms with Crippen LogP contribution >= 0.6 is 19.1 Å². The number of nitro groups is 1. The van der Waals surface area contributed by atoms with Crippen LogP contribution in [0.15, 0.2) is 95.7 Å². The minimum Gasteiger partial charge on any atom is -0.455 e. The molecule has 4 N–H and O–H groups in total. The van der Waals surface area contributed by atoms with Gasteiger partial charge in [-0.1, -0.05) is 43.2 Å². The van der Waals surface area contributed by atoms with Crippen molar-refractivity contribution in [3.05, 3.63) is 117 Å². The number of sulfonamides is 1. The number of H-pyrrole nitrogens is 1. The number of fused-ring (bicyclic) bond motifs is 1. The van der Waals surface area contributed by atoms with Crippen molar-refractivity contribution in [3.8, 4) is 11.5 Å². The number of amides is 1. The third kappa shape index (κ3) is 10.5. The summed E-state index contributed by atoms with van der Waals surface area (Å²) in [5, 5.41) is 17.2. The van der Waals surface area contributed by atoms with Crippen molar-refractivity contribution in [2.45, 2.75) is 56.4 Å². The van der Waals surface area contributed by atoms with Gasteiger partial charge in [0.05, 0.1) is 11.8 Å². The number of hydrogen-bond donors (Lipinski definition) is 4. The van der Waals surface area contributed by atoms with E-state index in [1.807, 2.05) is 24.9 Å². The Morgan fingerprint density at radius 3 is 2.42 bits per heavy atom. The number of rotatable bonds is 14. The maximum atomic E-state index is 14.0. The summed E-state index contributed by atoms with van der Waals surface area (Å²) in [5.41, 5.74) is 5.17. The van der Waals surface area contributed by atoms with E-state index in [2.05, 4.69) is 60.7 Å². The number of pyridine rings is 1. The maximum Gasteiger partial charge on any atom is 0.146 e. The molecule has 0 bridgehead atoms. The average molecular weight is 958 g/mol. The predicted molar refractivity (Wildman–Crippen MR) is 263 cm³/mol. The normalized spacial score (nSPS) is 20.2. The number of halogens is 1. The number of anilines is 2. The third-order valence-electron chi connectivity index (χ3n) is 13.8. The summed E-state index contributed by atoms with van der Waals surface area (Å²) in [7, 11) is -6.75. The number of nitrogens with one attached hydrogen (secondary N) is 3. The number of ether oxygens (including phenoxy) is 1. The number of nitro benzene ring substituents is 1. The Labute approximate surface area is 391 Å². The van der Waals surface area contributed by atoms with Gasteiger partial charge in [0.2, 0.25) is 0 Å². The molecule has 1 amide bonds. The van der Waals surface area contributed by atoms with Gasteiger partial charge in [-0.3, -0.25) is 9.69 Å². The van der Waals surface area contributed by atoms with E-state index in [1.54, 1.807) is 30.5 Å². The van der Waals surface area contributed by atoms with Crippen LogP contribution in [0.25, 0.3) is 16.6 Å². The van der Waals surface area contributed by atoms with Crippen LogP contribution in [0.1, 0.15) is 61.9 Å². The topological polar surface area (TPSA) is 186 Å². The van der Waals surface area contributed by atoms with Crippen LogP contribution in [0.4, 0.5) is 17.1 Å². The third-order valence-corrected chi connectivity index (χ3v) is 17.9. The Kier molecular flexibility index (Phi) is 12.7. The van der Waals surface area contributed by atoms with Crippen molar-refractivity contribution in [1.82, 2.24) is 24.5 Å². The summed E-state index contributed by atoms with van der Waals surface area (Å²) < 4.78 is 36.2. The molecular weight excluding hydrogens is 899 g/mol. The van der Waals surface area contributed by atoms with Crippen LogP contribution in [0.5, 0.6) is 11.5 Å². The van der Waals surface area contributed by atoms with Gasteiger partial charge in [0.1, 0.15) is 17.1 Å². The summed E-state index contributed by atoms with van der Waals surface area (Å²) in [6.45, 7) is 12.8. The molecule has 0 radical (unpaired) electrons. The summed E-state index contributed by atoms with van der Waals surface area (Å²) in [6.07, 6.45) is 9.65. The standard InChI is InChI=1S/C48H58ClN8O7PS/c1-47(2)14-12-35(41(29-47)33-4-6-36(49)7-5-33)31-54-18-20-56(21-19-54)37-8-10-40(44(27-37)64-38-26-34-13-17-50-45(34)51-30-38)46(58)53-66(62,63)39-9-11-42(43(28-39)57(59)60)52-48(15-16-48)32-55-22-24-65(3,61)25-23-55/h4-11,13,17,26-28,30,52,61,65H,12,14-16,18-25,29,31-32H2,1-3H3,(H,50,51)(H,53,58). The fraction of sp³-hybridized carbons (Fsp3) is 0.417. The number of carbonyl (C=O) groups is 1. The summed E-state index contributed by atoms with van der Waals surface area (Å²) in [6, 6.07) is 20.5. The Bertz CT molecular complexity index is 2790. The number of benzene rings is 3. The minimum atomic E-state index is -4.59. The molecule has 5 aromatic rings. The second-order valence-electron chi connectivity index (χ2n) is 19.6. The molecule has 9 rings (SSSR count). The van der Waals surface area contributed by atoms with Crippen molar-refractivity contribution in [1.29, 1.82) is 0 Å². The van der Waals surface area contributed by atoms with E-state index in [0.717, 1.165) is 112 Å². The number of piperazine rings is 1. The number of aromatic nitrogens is 2. The zero-order valence-electron chi connectivity index (χ0n) is 37.6. The number of hydrogen-bond acceptors (Lipinski definition) is 12. The van der Waals surface area contributed by atoms with Gasteiger partial charge >= 0.3 is 152 Å². The first-order valence-electron chi connectivity index (χ1n) is 22.7. The Balaban J connectivity index is 0.918. The van der Waals surface area contributed by atoms with Crippen LogP contribution < -0.4 is 19.7 Å². The first-order valence-corrected chi connectivity index (χ1v) is 27.4. The van der Waals surface area contributed by atoms with Gasteiger partial charge < -0.3 is 14.6 Å². The molecular formula is C48H58ClN8O7PS. The van der Waals surface area contributed by atoms with E-state index in [1.165, 1.54) is 35.0 Å². The fourth-order valence-corrected chi connectivity index (χ4v) is 12.5. The maximum absolute atomic E-state index is 14.0. The van der Waals surface area contributed by atoms with Gasteiger partial charge in [-0.05, 0) is 72.2 Å². The largest absolute Gasteiger partial charge is 0.455 e. The van der Waals surface area contributed by atoms with Gasteiger partial charge in [-0.25, -0.2) is 4.98 Å². The summed E-state index contributed by atoms with van der Waals surface area (Å²) >= 11 is 6.25. The van der Waals surface area contributed by atoms with Crippen molar-refractivity contribution in [2.24, 2.45) is 5.41 Å². The Hall–Kier alpha value is -5.09. The molecule has 18 heteroatoms. The van der Waals surface area contributed by atoms with Gasteiger partial charge in [-0.2, -0.15) is 0 Å². The van der Waals surface area contributed by atoms with Crippen LogP contribution in [0, 0.1) is 15.5 Å². The average Bonchev–Trinajstić information content (AvgIpc) is 3.86. The molecule has 15 nitrogen and oxygen atoms in total. The molecule has 350 valence electrons. The SMILES string of the molecule is CC1(C)CCC(CN2CCN(c3ccc(C(=O)NS(=O)(=O)c4ccc(NC5(CN6CC[PH](C)(O)CC6)CC5)c([N+](=O)[O-])c4)c(Oc4cnc5[nH]ccc5c4)c3)CC2)=C(c2ccc(Cl)cc2)C1.